The molecular formula is C18H25ClN3O3+. The van der Waals surface area contributed by atoms with Gasteiger partial charge in [-0.05, 0) is 18.2 Å². The third-order valence-corrected chi connectivity index (χ3v) is 3.64. The fourth-order valence-corrected chi connectivity index (χ4v) is 2.44. The maximum atomic E-state index is 12.3. The molecule has 2 N–H and O–H groups in total. The second-order valence-electron chi connectivity index (χ2n) is 5.58. The van der Waals surface area contributed by atoms with Gasteiger partial charge in [0.1, 0.15) is 5.75 Å². The number of likely N-dealkylation sites (N-methyl/N-ethyl adjacent to an activating group) is 1. The number of halogens is 1. The molecule has 6 nitrogen and oxygen atoms in total. The number of ether oxygens (including phenoxy) is 1. The van der Waals surface area contributed by atoms with Crippen LogP contribution in [0.15, 0.2) is 43.5 Å². The number of carbonyl (C=O) groups is 2. The van der Waals surface area contributed by atoms with Gasteiger partial charge in [0.25, 0.3) is 11.8 Å². The van der Waals surface area contributed by atoms with E-state index in [-0.39, 0.29) is 24.9 Å². The van der Waals surface area contributed by atoms with Gasteiger partial charge in [-0.25, -0.2) is 0 Å². The number of methoxy groups -OCH3 is 1. The zero-order chi connectivity index (χ0) is 18.8. The largest absolute Gasteiger partial charge is 0.495 e. The third kappa shape index (κ3) is 6.99. The van der Waals surface area contributed by atoms with Crippen LogP contribution >= 0.6 is 11.6 Å². The number of rotatable bonds is 10. The molecule has 0 heterocycles. The molecule has 0 aliphatic heterocycles. The number of hydrogen-bond donors (Lipinski definition) is 2. The first-order chi connectivity index (χ1) is 11.9. The van der Waals surface area contributed by atoms with Gasteiger partial charge in [0.05, 0.1) is 19.8 Å². The highest BCUT2D eigenvalue weighted by molar-refractivity contribution is 6.31. The topological polar surface area (TPSA) is 63.1 Å². The van der Waals surface area contributed by atoms with E-state index in [0.29, 0.717) is 29.5 Å². The Hall–Kier alpha value is -2.31. The summed E-state index contributed by atoms with van der Waals surface area (Å²) in [5, 5.41) is 3.26. The fraction of sp³-hybridized carbons (Fsp3) is 0.333. The van der Waals surface area contributed by atoms with E-state index in [2.05, 4.69) is 18.5 Å². The van der Waals surface area contributed by atoms with Crippen molar-refractivity contribution in [1.82, 2.24) is 4.90 Å². The van der Waals surface area contributed by atoms with Crippen molar-refractivity contribution in [2.45, 2.75) is 0 Å². The Labute approximate surface area is 153 Å². The van der Waals surface area contributed by atoms with Gasteiger partial charge < -0.3 is 19.9 Å². The predicted octanol–water partition coefficient (Wildman–Crippen LogP) is 1.00. The molecule has 7 heteroatoms. The van der Waals surface area contributed by atoms with E-state index in [1.807, 2.05) is 0 Å². The Balaban J connectivity index is 2.61. The summed E-state index contributed by atoms with van der Waals surface area (Å²) in [7, 11) is 3.30. The van der Waals surface area contributed by atoms with Crippen LogP contribution in [0.3, 0.4) is 0 Å². The molecule has 0 aliphatic rings. The maximum Gasteiger partial charge on any atom is 0.279 e. The summed E-state index contributed by atoms with van der Waals surface area (Å²) in [5.41, 5.74) is 0.499. The quantitative estimate of drug-likeness (QED) is 0.607. The first-order valence-electron chi connectivity index (χ1n) is 7.85. The van der Waals surface area contributed by atoms with E-state index in [0.717, 1.165) is 4.90 Å². The van der Waals surface area contributed by atoms with Gasteiger partial charge in [-0.15, -0.1) is 13.2 Å². The molecule has 1 aromatic rings. The molecule has 1 rings (SSSR count). The molecule has 0 saturated carbocycles. The van der Waals surface area contributed by atoms with Gasteiger partial charge in [0.2, 0.25) is 0 Å². The summed E-state index contributed by atoms with van der Waals surface area (Å²) in [6.45, 7) is 8.51. The number of amides is 2. The van der Waals surface area contributed by atoms with Gasteiger partial charge in [0.15, 0.2) is 13.1 Å². The monoisotopic (exact) mass is 366 g/mol. The zero-order valence-electron chi connectivity index (χ0n) is 14.7. The average molecular weight is 367 g/mol. The first-order valence-corrected chi connectivity index (χ1v) is 8.23. The van der Waals surface area contributed by atoms with Gasteiger partial charge in [0, 0.05) is 18.1 Å². The SMILES string of the molecule is C=CCN(CC=C)C(=O)C[NH+](C)CC(=O)Nc1cc(Cl)ccc1OC. The molecule has 0 saturated heterocycles. The molecular weight excluding hydrogens is 342 g/mol. The summed E-state index contributed by atoms with van der Waals surface area (Å²) in [6.07, 6.45) is 3.32. The summed E-state index contributed by atoms with van der Waals surface area (Å²) in [5.74, 6) is 0.227. The van der Waals surface area contributed by atoms with Crippen molar-refractivity contribution >= 4 is 29.1 Å². The van der Waals surface area contributed by atoms with Crippen LogP contribution in [-0.4, -0.2) is 57.1 Å². The van der Waals surface area contributed by atoms with Crippen molar-refractivity contribution in [2.24, 2.45) is 0 Å². The zero-order valence-corrected chi connectivity index (χ0v) is 15.4. The standard InChI is InChI=1S/C18H24ClN3O3/c1-5-9-22(10-6-2)18(24)13-21(3)12-17(23)20-15-11-14(19)7-8-16(15)25-4/h5-8,11H,1-2,9-10,12-13H2,3-4H3,(H,20,23)/p+1. The number of nitrogens with zero attached hydrogens (tertiary/aromatic N) is 1. The Bertz CT molecular complexity index is 624. The summed E-state index contributed by atoms with van der Waals surface area (Å²) in [6, 6.07) is 4.98. The molecule has 25 heavy (non-hydrogen) atoms. The van der Waals surface area contributed by atoms with Crippen LogP contribution in [-0.2, 0) is 9.59 Å². The van der Waals surface area contributed by atoms with Gasteiger partial charge in [-0.2, -0.15) is 0 Å². The minimum Gasteiger partial charge on any atom is -0.495 e. The van der Waals surface area contributed by atoms with Crippen LogP contribution in [0.25, 0.3) is 0 Å². The van der Waals surface area contributed by atoms with Crippen molar-refractivity contribution in [1.29, 1.82) is 0 Å². The molecule has 1 unspecified atom stereocenters. The van der Waals surface area contributed by atoms with E-state index in [9.17, 15) is 9.59 Å². The normalized spacial score (nSPS) is 11.3. The van der Waals surface area contributed by atoms with Gasteiger partial charge in [-0.3, -0.25) is 9.59 Å². The molecule has 0 aliphatic carbocycles. The molecule has 0 aromatic heterocycles. The number of nitrogens with one attached hydrogen (secondary N) is 2. The van der Waals surface area contributed by atoms with E-state index < -0.39 is 0 Å². The molecule has 0 radical (unpaired) electrons. The highest BCUT2D eigenvalue weighted by atomic mass is 35.5. The number of hydrogen-bond acceptors (Lipinski definition) is 3. The van der Waals surface area contributed by atoms with Crippen molar-refractivity contribution in [3.05, 3.63) is 48.5 Å². The second-order valence-corrected chi connectivity index (χ2v) is 6.02. The van der Waals surface area contributed by atoms with Crippen molar-refractivity contribution in [2.75, 3.05) is 45.7 Å². The minimum atomic E-state index is -0.232. The second kappa shape index (κ2) is 10.5. The molecule has 0 spiro atoms. The lowest BCUT2D eigenvalue weighted by Gasteiger charge is -2.21. The minimum absolute atomic E-state index is 0.0644. The summed E-state index contributed by atoms with van der Waals surface area (Å²) >= 11 is 5.95. The molecule has 1 atom stereocenters. The van der Waals surface area contributed by atoms with E-state index in [1.54, 1.807) is 42.3 Å². The Morgan fingerprint density at radius 2 is 1.92 bits per heavy atom. The number of benzene rings is 1. The average Bonchev–Trinajstić information content (AvgIpc) is 2.54. The van der Waals surface area contributed by atoms with Crippen LogP contribution in [0.5, 0.6) is 5.75 Å². The summed E-state index contributed by atoms with van der Waals surface area (Å²) in [4.78, 5) is 26.9. The van der Waals surface area contributed by atoms with Gasteiger partial charge in [-0.1, -0.05) is 23.8 Å². The molecule has 0 bridgehead atoms. The molecule has 0 fully saturated rings. The molecule has 2 amide bonds. The van der Waals surface area contributed by atoms with E-state index in [4.69, 9.17) is 16.3 Å². The van der Waals surface area contributed by atoms with Crippen molar-refractivity contribution < 1.29 is 19.2 Å². The number of carbonyl (C=O) groups excluding carboxylic acids is 2. The first kappa shape index (κ1) is 20.7. The number of quaternary nitrogens is 1. The lowest BCUT2D eigenvalue weighted by atomic mass is 10.3. The van der Waals surface area contributed by atoms with Crippen molar-refractivity contribution in [3.63, 3.8) is 0 Å². The lowest BCUT2D eigenvalue weighted by molar-refractivity contribution is -0.862. The maximum absolute atomic E-state index is 12.3. The molecule has 136 valence electrons. The third-order valence-electron chi connectivity index (χ3n) is 3.40. The van der Waals surface area contributed by atoms with Crippen molar-refractivity contribution in [3.8, 4) is 5.75 Å². The Morgan fingerprint density at radius 1 is 1.28 bits per heavy atom. The highest BCUT2D eigenvalue weighted by Crippen LogP contribution is 2.27. The van der Waals surface area contributed by atoms with Gasteiger partial charge >= 0.3 is 0 Å². The highest BCUT2D eigenvalue weighted by Gasteiger charge is 2.19. The van der Waals surface area contributed by atoms with E-state index >= 15 is 0 Å². The Morgan fingerprint density at radius 3 is 2.48 bits per heavy atom. The predicted molar refractivity (Wildman–Crippen MR) is 100 cm³/mol. The lowest BCUT2D eigenvalue weighted by Crippen LogP contribution is -3.11. The van der Waals surface area contributed by atoms with Crippen LogP contribution < -0.4 is 15.0 Å². The van der Waals surface area contributed by atoms with Crippen LogP contribution in [0.2, 0.25) is 5.02 Å². The summed E-state index contributed by atoms with van der Waals surface area (Å²) < 4.78 is 5.20. The number of anilines is 1. The van der Waals surface area contributed by atoms with Crippen LogP contribution in [0, 0.1) is 0 Å². The smallest absolute Gasteiger partial charge is 0.279 e. The Kier molecular flexibility index (Phi) is 8.74. The molecule has 1 aromatic carbocycles. The van der Waals surface area contributed by atoms with Crippen LogP contribution in [0.4, 0.5) is 5.69 Å². The van der Waals surface area contributed by atoms with Crippen LogP contribution in [0.1, 0.15) is 0 Å². The fourth-order valence-electron chi connectivity index (χ4n) is 2.27. The van der Waals surface area contributed by atoms with E-state index in [1.165, 1.54) is 7.11 Å².